The highest BCUT2D eigenvalue weighted by molar-refractivity contribution is 7.14. The van der Waals surface area contributed by atoms with Gasteiger partial charge in [-0.25, -0.2) is 4.98 Å². The van der Waals surface area contributed by atoms with Crippen LogP contribution in [0.5, 0.6) is 0 Å². The van der Waals surface area contributed by atoms with E-state index in [0.29, 0.717) is 5.13 Å². The minimum atomic E-state index is -0.352. The average molecular weight is 299 g/mol. The molecule has 0 unspecified atom stereocenters. The van der Waals surface area contributed by atoms with Crippen LogP contribution >= 0.6 is 11.3 Å². The first kappa shape index (κ1) is 13.5. The number of aromatic nitrogens is 2. The van der Waals surface area contributed by atoms with Gasteiger partial charge in [0.2, 0.25) is 5.76 Å². The van der Waals surface area contributed by atoms with Gasteiger partial charge in [-0.05, 0) is 25.5 Å². The van der Waals surface area contributed by atoms with Crippen LogP contribution in [0.25, 0.3) is 11.3 Å². The van der Waals surface area contributed by atoms with Gasteiger partial charge >= 0.3 is 0 Å². The van der Waals surface area contributed by atoms with E-state index in [4.69, 9.17) is 4.52 Å². The van der Waals surface area contributed by atoms with Gasteiger partial charge < -0.3 is 4.52 Å². The van der Waals surface area contributed by atoms with Gasteiger partial charge in [0.15, 0.2) is 5.13 Å². The van der Waals surface area contributed by atoms with E-state index in [1.54, 1.807) is 0 Å². The number of hydrogen-bond acceptors (Lipinski definition) is 5. The number of carbonyl (C=O) groups excluding carboxylic acids is 1. The molecule has 2 aromatic heterocycles. The quantitative estimate of drug-likeness (QED) is 0.801. The van der Waals surface area contributed by atoms with E-state index in [1.807, 2.05) is 19.2 Å². The van der Waals surface area contributed by atoms with Crippen molar-refractivity contribution in [2.45, 2.75) is 13.8 Å². The second-order valence-electron chi connectivity index (χ2n) is 4.69. The van der Waals surface area contributed by atoms with Crippen LogP contribution in [0.1, 0.15) is 21.7 Å². The van der Waals surface area contributed by atoms with Crippen molar-refractivity contribution in [2.24, 2.45) is 0 Å². The molecule has 0 saturated carbocycles. The number of thiazole rings is 1. The van der Waals surface area contributed by atoms with E-state index in [1.165, 1.54) is 29.2 Å². The van der Waals surface area contributed by atoms with Crippen molar-refractivity contribution in [1.29, 1.82) is 0 Å². The number of rotatable bonds is 3. The molecule has 0 fully saturated rings. The molecule has 0 radical (unpaired) electrons. The minimum Gasteiger partial charge on any atom is -0.351 e. The molecule has 0 aliphatic carbocycles. The fourth-order valence-electron chi connectivity index (χ4n) is 1.96. The lowest BCUT2D eigenvalue weighted by molar-refractivity contribution is 0.0988. The van der Waals surface area contributed by atoms with Crippen molar-refractivity contribution in [3.63, 3.8) is 0 Å². The number of nitrogens with one attached hydrogen (secondary N) is 1. The molecular formula is C15H13N3O2S. The molecule has 0 spiro atoms. The normalized spacial score (nSPS) is 10.6. The van der Waals surface area contributed by atoms with E-state index >= 15 is 0 Å². The number of amides is 1. The molecule has 1 amide bonds. The third kappa shape index (κ3) is 2.85. The van der Waals surface area contributed by atoms with Crippen molar-refractivity contribution in [3.8, 4) is 11.3 Å². The lowest BCUT2D eigenvalue weighted by atomic mass is 10.0. The van der Waals surface area contributed by atoms with Crippen LogP contribution < -0.4 is 5.32 Å². The second-order valence-corrected chi connectivity index (χ2v) is 5.55. The van der Waals surface area contributed by atoms with Crippen molar-refractivity contribution in [1.82, 2.24) is 10.1 Å². The molecule has 1 aromatic carbocycles. The zero-order valence-electron chi connectivity index (χ0n) is 11.6. The Morgan fingerprint density at radius 2 is 2.14 bits per heavy atom. The number of benzene rings is 1. The fraction of sp³-hybridized carbons (Fsp3) is 0.133. The summed E-state index contributed by atoms with van der Waals surface area (Å²) in [6.07, 6.45) is 1.43. The molecule has 1 N–H and O–H groups in total. The summed E-state index contributed by atoms with van der Waals surface area (Å²) in [5.74, 6) is -0.187. The van der Waals surface area contributed by atoms with E-state index in [-0.39, 0.29) is 11.7 Å². The molecule has 0 aliphatic heterocycles. The summed E-state index contributed by atoms with van der Waals surface area (Å²) in [5.41, 5.74) is 4.26. The summed E-state index contributed by atoms with van der Waals surface area (Å²) in [5, 5.41) is 8.67. The fourth-order valence-corrected chi connectivity index (χ4v) is 2.66. The summed E-state index contributed by atoms with van der Waals surface area (Å²) >= 11 is 1.38. The molecule has 0 atom stereocenters. The van der Waals surface area contributed by atoms with E-state index in [2.05, 4.69) is 33.7 Å². The molecule has 0 saturated heterocycles. The number of aryl methyl sites for hydroxylation is 2. The van der Waals surface area contributed by atoms with Crippen molar-refractivity contribution < 1.29 is 9.32 Å². The first-order chi connectivity index (χ1) is 10.1. The van der Waals surface area contributed by atoms with Gasteiger partial charge in [0, 0.05) is 17.0 Å². The van der Waals surface area contributed by atoms with Crippen molar-refractivity contribution in [3.05, 3.63) is 52.7 Å². The molecule has 0 bridgehead atoms. The molecule has 6 heteroatoms. The predicted molar refractivity (Wildman–Crippen MR) is 81.5 cm³/mol. The Morgan fingerprint density at radius 1 is 1.29 bits per heavy atom. The Bertz CT molecular complexity index is 778. The van der Waals surface area contributed by atoms with Crippen LogP contribution in [0.15, 0.2) is 40.4 Å². The lowest BCUT2D eigenvalue weighted by Gasteiger charge is -2.03. The number of nitrogens with zero attached hydrogens (tertiary/aromatic N) is 2. The van der Waals surface area contributed by atoms with Gasteiger partial charge in [-0.3, -0.25) is 10.1 Å². The molecule has 0 aliphatic rings. The molecule has 21 heavy (non-hydrogen) atoms. The summed E-state index contributed by atoms with van der Waals surface area (Å²) in [6.45, 7) is 4.09. The van der Waals surface area contributed by atoms with Crippen LogP contribution in [0.4, 0.5) is 5.13 Å². The maximum absolute atomic E-state index is 11.9. The summed E-state index contributed by atoms with van der Waals surface area (Å²) in [6, 6.07) is 7.73. The maximum atomic E-state index is 11.9. The van der Waals surface area contributed by atoms with Gasteiger partial charge in [0.25, 0.3) is 5.91 Å². The SMILES string of the molecule is Cc1ccc(C)c(-c2csc(NC(=O)c3ccno3)n2)c1. The maximum Gasteiger partial charge on any atom is 0.296 e. The summed E-state index contributed by atoms with van der Waals surface area (Å²) in [4.78, 5) is 16.3. The summed E-state index contributed by atoms with van der Waals surface area (Å²) < 4.78 is 4.81. The van der Waals surface area contributed by atoms with Crippen molar-refractivity contribution >= 4 is 22.4 Å². The molecule has 5 nitrogen and oxygen atoms in total. The number of hydrogen-bond donors (Lipinski definition) is 1. The Morgan fingerprint density at radius 3 is 2.90 bits per heavy atom. The lowest BCUT2D eigenvalue weighted by Crippen LogP contribution is -2.10. The molecule has 2 heterocycles. The molecular weight excluding hydrogens is 286 g/mol. The van der Waals surface area contributed by atoms with Crippen LogP contribution in [0, 0.1) is 13.8 Å². The third-order valence-corrected chi connectivity index (χ3v) is 3.81. The Hall–Kier alpha value is -2.47. The molecule has 106 valence electrons. The first-order valence-corrected chi connectivity index (χ1v) is 7.26. The van der Waals surface area contributed by atoms with E-state index in [0.717, 1.165) is 16.8 Å². The topological polar surface area (TPSA) is 68.0 Å². The molecule has 3 aromatic rings. The summed E-state index contributed by atoms with van der Waals surface area (Å²) in [7, 11) is 0. The Balaban J connectivity index is 1.83. The average Bonchev–Trinajstić information content (AvgIpc) is 3.12. The predicted octanol–water partition coefficient (Wildman–Crippen LogP) is 3.67. The first-order valence-electron chi connectivity index (χ1n) is 6.38. The zero-order valence-corrected chi connectivity index (χ0v) is 12.4. The second kappa shape index (κ2) is 5.49. The third-order valence-electron chi connectivity index (χ3n) is 3.06. The van der Waals surface area contributed by atoms with Crippen molar-refractivity contribution in [2.75, 3.05) is 5.32 Å². The number of anilines is 1. The van der Waals surface area contributed by atoms with E-state index < -0.39 is 0 Å². The highest BCUT2D eigenvalue weighted by Gasteiger charge is 2.13. The standard InChI is InChI=1S/C15H13N3O2S/c1-9-3-4-10(2)11(7-9)12-8-21-15(17-12)18-14(19)13-5-6-16-20-13/h3-8H,1-2H3,(H,17,18,19). The Kier molecular flexibility index (Phi) is 3.53. The van der Waals surface area contributed by atoms with Crippen LogP contribution in [0.2, 0.25) is 0 Å². The minimum absolute atomic E-state index is 0.165. The van der Waals surface area contributed by atoms with Gasteiger partial charge in [0.1, 0.15) is 0 Å². The molecule has 3 rings (SSSR count). The monoisotopic (exact) mass is 299 g/mol. The van der Waals surface area contributed by atoms with E-state index in [9.17, 15) is 4.79 Å². The zero-order chi connectivity index (χ0) is 14.8. The van der Waals surface area contributed by atoms with Gasteiger partial charge in [-0.15, -0.1) is 11.3 Å². The smallest absolute Gasteiger partial charge is 0.296 e. The largest absolute Gasteiger partial charge is 0.351 e. The van der Waals surface area contributed by atoms with Gasteiger partial charge in [-0.2, -0.15) is 0 Å². The van der Waals surface area contributed by atoms with Crippen LogP contribution in [-0.4, -0.2) is 16.0 Å². The van der Waals surface area contributed by atoms with Crippen LogP contribution in [-0.2, 0) is 0 Å². The highest BCUT2D eigenvalue weighted by atomic mass is 32.1. The highest BCUT2D eigenvalue weighted by Crippen LogP contribution is 2.28. The van der Waals surface area contributed by atoms with Gasteiger partial charge in [-0.1, -0.05) is 22.9 Å². The van der Waals surface area contributed by atoms with Gasteiger partial charge in [0.05, 0.1) is 11.9 Å². The number of carbonyl (C=O) groups is 1. The Labute approximate surface area is 125 Å². The van der Waals surface area contributed by atoms with Crippen LogP contribution in [0.3, 0.4) is 0 Å².